The van der Waals surface area contributed by atoms with Gasteiger partial charge in [-0.15, -0.1) is 0 Å². The first kappa shape index (κ1) is 14.1. The maximum atomic E-state index is 6.23. The Hall–Kier alpha value is -0.820. The summed E-state index contributed by atoms with van der Waals surface area (Å²) in [5, 5.41) is 0. The molecule has 0 saturated heterocycles. The fourth-order valence-corrected chi connectivity index (χ4v) is 4.96. The number of nitrogens with two attached hydrogens (primary N) is 1. The third kappa shape index (κ3) is 2.41. The molecule has 3 rings (SSSR count). The fourth-order valence-electron chi connectivity index (χ4n) is 4.96. The average molecular weight is 271 g/mol. The molecule has 1 spiro atoms. The van der Waals surface area contributed by atoms with Crippen LogP contribution in [0.15, 0.2) is 18.2 Å². The summed E-state index contributed by atoms with van der Waals surface area (Å²) in [6, 6.07) is 7.03. The Bertz CT molecular complexity index is 452. The summed E-state index contributed by atoms with van der Waals surface area (Å²) in [5.41, 5.74) is 11.4. The van der Waals surface area contributed by atoms with Gasteiger partial charge in [0, 0.05) is 12.0 Å². The van der Waals surface area contributed by atoms with Crippen LogP contribution in [-0.2, 0) is 5.41 Å². The molecule has 1 aromatic carbocycles. The summed E-state index contributed by atoms with van der Waals surface area (Å²) in [4.78, 5) is 0. The van der Waals surface area contributed by atoms with Crippen LogP contribution >= 0.6 is 0 Å². The molecule has 0 radical (unpaired) electrons. The first-order valence-electron chi connectivity index (χ1n) is 8.37. The molecular formula is C19H29N. The van der Waals surface area contributed by atoms with Gasteiger partial charge in [-0.2, -0.15) is 0 Å². The van der Waals surface area contributed by atoms with Gasteiger partial charge in [0.05, 0.1) is 0 Å². The second kappa shape index (κ2) is 5.18. The summed E-state index contributed by atoms with van der Waals surface area (Å²) in [6.45, 7) is 5.24. The molecule has 0 unspecified atom stereocenters. The minimum absolute atomic E-state index is 0.279. The summed E-state index contributed by atoms with van der Waals surface area (Å²) >= 11 is 0. The first-order valence-corrected chi connectivity index (χ1v) is 8.37. The largest absolute Gasteiger partial charge is 0.330 e. The molecule has 1 aromatic rings. The highest BCUT2D eigenvalue weighted by Gasteiger charge is 2.53. The van der Waals surface area contributed by atoms with Crippen molar-refractivity contribution in [2.45, 2.75) is 70.6 Å². The molecule has 0 amide bonds. The lowest BCUT2D eigenvalue weighted by atomic mass is 9.48. The monoisotopic (exact) mass is 271 g/mol. The lowest BCUT2D eigenvalue weighted by molar-refractivity contribution is 0.0112. The number of hydrogen-bond donors (Lipinski definition) is 1. The average Bonchev–Trinajstić information content (AvgIpc) is 2.60. The normalized spacial score (nSPS) is 24.1. The van der Waals surface area contributed by atoms with Crippen molar-refractivity contribution in [1.29, 1.82) is 0 Å². The van der Waals surface area contributed by atoms with E-state index < -0.39 is 0 Å². The Morgan fingerprint density at radius 2 is 1.45 bits per heavy atom. The van der Waals surface area contributed by atoms with E-state index in [4.69, 9.17) is 5.73 Å². The highest BCUT2D eigenvalue weighted by atomic mass is 14.7. The van der Waals surface area contributed by atoms with Crippen LogP contribution < -0.4 is 5.73 Å². The number of hydrogen-bond acceptors (Lipinski definition) is 1. The van der Waals surface area contributed by atoms with E-state index in [1.807, 2.05) is 0 Å². The van der Waals surface area contributed by atoms with E-state index in [0.29, 0.717) is 5.41 Å². The number of aryl methyl sites for hydroxylation is 2. The van der Waals surface area contributed by atoms with Crippen molar-refractivity contribution in [2.75, 3.05) is 6.54 Å². The van der Waals surface area contributed by atoms with Gasteiger partial charge in [-0.1, -0.05) is 55.0 Å². The minimum Gasteiger partial charge on any atom is -0.330 e. The topological polar surface area (TPSA) is 26.0 Å². The molecule has 0 atom stereocenters. The number of benzene rings is 1. The summed E-state index contributed by atoms with van der Waals surface area (Å²) in [5.74, 6) is 0. The van der Waals surface area contributed by atoms with Gasteiger partial charge in [0.1, 0.15) is 0 Å². The predicted octanol–water partition coefficient (Wildman–Crippen LogP) is 4.63. The predicted molar refractivity (Wildman–Crippen MR) is 86.0 cm³/mol. The van der Waals surface area contributed by atoms with Crippen LogP contribution in [0.4, 0.5) is 0 Å². The molecule has 0 heterocycles. The van der Waals surface area contributed by atoms with Crippen molar-refractivity contribution in [3.05, 3.63) is 34.9 Å². The molecule has 0 aromatic heterocycles. The van der Waals surface area contributed by atoms with Crippen LogP contribution in [0.3, 0.4) is 0 Å². The minimum atomic E-state index is 0.279. The Balaban J connectivity index is 1.84. The molecule has 20 heavy (non-hydrogen) atoms. The zero-order chi connectivity index (χ0) is 14.2. The molecule has 2 fully saturated rings. The second-order valence-corrected chi connectivity index (χ2v) is 7.63. The van der Waals surface area contributed by atoms with Gasteiger partial charge in [-0.3, -0.25) is 0 Å². The molecule has 0 aliphatic heterocycles. The third-order valence-corrected chi connectivity index (χ3v) is 5.82. The maximum Gasteiger partial charge on any atom is 0.00863 e. The van der Waals surface area contributed by atoms with Crippen LogP contribution in [0.1, 0.15) is 68.1 Å². The van der Waals surface area contributed by atoms with Gasteiger partial charge in [-0.05, 0) is 50.5 Å². The summed E-state index contributed by atoms with van der Waals surface area (Å²) < 4.78 is 0. The molecule has 110 valence electrons. The van der Waals surface area contributed by atoms with Gasteiger partial charge in [0.2, 0.25) is 0 Å². The molecule has 2 saturated carbocycles. The summed E-state index contributed by atoms with van der Waals surface area (Å²) in [7, 11) is 0. The second-order valence-electron chi connectivity index (χ2n) is 7.63. The van der Waals surface area contributed by atoms with Crippen LogP contribution in [-0.4, -0.2) is 6.54 Å². The molecule has 2 aliphatic rings. The van der Waals surface area contributed by atoms with Crippen LogP contribution in [0, 0.1) is 19.3 Å². The molecule has 1 nitrogen and oxygen atoms in total. The van der Waals surface area contributed by atoms with E-state index in [0.717, 1.165) is 6.54 Å². The zero-order valence-corrected chi connectivity index (χ0v) is 13.2. The van der Waals surface area contributed by atoms with Gasteiger partial charge < -0.3 is 5.73 Å². The fraction of sp³-hybridized carbons (Fsp3) is 0.684. The molecule has 2 N–H and O–H groups in total. The summed E-state index contributed by atoms with van der Waals surface area (Å²) in [6.07, 6.45) is 11.3. The lowest BCUT2D eigenvalue weighted by Gasteiger charge is -2.57. The Kier molecular flexibility index (Phi) is 3.66. The Morgan fingerprint density at radius 3 is 1.95 bits per heavy atom. The van der Waals surface area contributed by atoms with Crippen molar-refractivity contribution < 1.29 is 0 Å². The third-order valence-electron chi connectivity index (χ3n) is 5.82. The van der Waals surface area contributed by atoms with Crippen molar-refractivity contribution in [3.8, 4) is 0 Å². The standard InChI is InChI=1S/C19H29N/c1-15-9-16(2)11-17(10-15)19(14-20)12-18(13-19)7-5-3-4-6-8-18/h9-11H,3-8,12-14,20H2,1-2H3. The van der Waals surface area contributed by atoms with Crippen LogP contribution in [0.5, 0.6) is 0 Å². The maximum absolute atomic E-state index is 6.23. The SMILES string of the molecule is Cc1cc(C)cc(C2(CN)CC3(CCCCCC3)C2)c1. The van der Waals surface area contributed by atoms with E-state index >= 15 is 0 Å². The van der Waals surface area contributed by atoms with Crippen molar-refractivity contribution in [3.63, 3.8) is 0 Å². The van der Waals surface area contributed by atoms with Crippen molar-refractivity contribution in [2.24, 2.45) is 11.1 Å². The lowest BCUT2D eigenvalue weighted by Crippen LogP contribution is -2.53. The van der Waals surface area contributed by atoms with E-state index in [1.54, 1.807) is 0 Å². The molecule has 0 bridgehead atoms. The van der Waals surface area contributed by atoms with Crippen molar-refractivity contribution >= 4 is 0 Å². The molecule has 1 heteroatoms. The van der Waals surface area contributed by atoms with E-state index in [-0.39, 0.29) is 5.41 Å². The van der Waals surface area contributed by atoms with E-state index in [2.05, 4.69) is 32.0 Å². The highest BCUT2D eigenvalue weighted by molar-refractivity contribution is 5.37. The molecular weight excluding hydrogens is 242 g/mol. The Morgan fingerprint density at radius 1 is 0.900 bits per heavy atom. The van der Waals surface area contributed by atoms with Gasteiger partial charge in [0.25, 0.3) is 0 Å². The van der Waals surface area contributed by atoms with E-state index in [1.165, 1.54) is 68.1 Å². The smallest absolute Gasteiger partial charge is 0.00863 e. The van der Waals surface area contributed by atoms with Gasteiger partial charge in [0.15, 0.2) is 0 Å². The quantitative estimate of drug-likeness (QED) is 0.833. The molecule has 2 aliphatic carbocycles. The highest BCUT2D eigenvalue weighted by Crippen LogP contribution is 2.61. The van der Waals surface area contributed by atoms with Crippen LogP contribution in [0.25, 0.3) is 0 Å². The number of rotatable bonds is 2. The Labute approximate surface area is 124 Å². The zero-order valence-electron chi connectivity index (χ0n) is 13.2. The van der Waals surface area contributed by atoms with Gasteiger partial charge in [-0.25, -0.2) is 0 Å². The van der Waals surface area contributed by atoms with Gasteiger partial charge >= 0.3 is 0 Å². The van der Waals surface area contributed by atoms with Crippen molar-refractivity contribution in [1.82, 2.24) is 0 Å². The first-order chi connectivity index (χ1) is 9.57. The van der Waals surface area contributed by atoms with E-state index in [9.17, 15) is 0 Å². The van der Waals surface area contributed by atoms with Crippen LogP contribution in [0.2, 0.25) is 0 Å².